The molecule has 0 bridgehead atoms. The van der Waals surface area contributed by atoms with Gasteiger partial charge in [-0.05, 0) is 23.8 Å². The van der Waals surface area contributed by atoms with E-state index in [9.17, 15) is 9.59 Å². The fraction of sp³-hybridized carbons (Fsp3) is 0.650. The summed E-state index contributed by atoms with van der Waals surface area (Å²) < 4.78 is 0. The first-order valence-corrected chi connectivity index (χ1v) is 11.0. The second-order valence-electron chi connectivity index (χ2n) is 6.94. The Morgan fingerprint density at radius 1 is 1.22 bits per heavy atom. The molecule has 1 fully saturated rings. The Morgan fingerprint density at radius 3 is 2.56 bits per heavy atom. The molecule has 1 aromatic heterocycles. The number of rotatable bonds is 9. The lowest BCUT2D eigenvalue weighted by Gasteiger charge is -2.35. The van der Waals surface area contributed by atoms with E-state index in [1.807, 2.05) is 28.8 Å². The summed E-state index contributed by atoms with van der Waals surface area (Å²) >= 11 is 1.81. The molecule has 0 spiro atoms. The number of hydrogen-bond donors (Lipinski definition) is 1. The van der Waals surface area contributed by atoms with Crippen molar-refractivity contribution in [3.05, 3.63) is 23.9 Å². The minimum atomic E-state index is -0.0776. The maximum Gasteiger partial charge on any atom is 0.252 e. The van der Waals surface area contributed by atoms with Crippen LogP contribution in [0.1, 0.15) is 44.0 Å². The van der Waals surface area contributed by atoms with Crippen LogP contribution < -0.4 is 10.2 Å². The number of aromatic nitrogens is 1. The number of amides is 2. The molecule has 6 nitrogen and oxygen atoms in total. The second kappa shape index (κ2) is 11.2. The molecule has 1 N–H and O–H groups in total. The quantitative estimate of drug-likeness (QED) is 0.655. The van der Waals surface area contributed by atoms with Crippen LogP contribution in [-0.2, 0) is 4.79 Å². The van der Waals surface area contributed by atoms with Gasteiger partial charge in [0.05, 0.1) is 5.56 Å². The number of carbonyl (C=O) groups is 2. The first-order chi connectivity index (χ1) is 13.0. The topological polar surface area (TPSA) is 65.5 Å². The van der Waals surface area contributed by atoms with Crippen LogP contribution in [0.5, 0.6) is 0 Å². The zero-order valence-corrected chi connectivity index (χ0v) is 17.6. The van der Waals surface area contributed by atoms with Crippen molar-refractivity contribution in [1.29, 1.82) is 0 Å². The van der Waals surface area contributed by atoms with Crippen LogP contribution in [0, 0.1) is 5.92 Å². The van der Waals surface area contributed by atoms with E-state index in [1.165, 1.54) is 0 Å². The number of piperazine rings is 1. The molecule has 1 aromatic rings. The van der Waals surface area contributed by atoms with Crippen molar-refractivity contribution in [3.8, 4) is 0 Å². The highest BCUT2D eigenvalue weighted by Gasteiger charge is 2.22. The van der Waals surface area contributed by atoms with Crippen LogP contribution in [0.2, 0.25) is 0 Å². The fourth-order valence-electron chi connectivity index (χ4n) is 2.95. The Morgan fingerprint density at radius 2 is 1.96 bits per heavy atom. The predicted octanol–water partition coefficient (Wildman–Crippen LogP) is 2.65. The van der Waals surface area contributed by atoms with Crippen molar-refractivity contribution >= 4 is 29.4 Å². The third-order valence-corrected chi connectivity index (χ3v) is 5.82. The molecule has 1 aliphatic rings. The number of nitrogens with zero attached hydrogens (tertiary/aromatic N) is 3. The Labute approximate surface area is 167 Å². The van der Waals surface area contributed by atoms with Gasteiger partial charge in [-0.2, -0.15) is 11.8 Å². The Hall–Kier alpha value is -1.76. The molecule has 0 aliphatic carbocycles. The molecule has 0 saturated carbocycles. The van der Waals surface area contributed by atoms with E-state index in [2.05, 4.69) is 36.0 Å². The van der Waals surface area contributed by atoms with Gasteiger partial charge >= 0.3 is 0 Å². The molecule has 27 heavy (non-hydrogen) atoms. The van der Waals surface area contributed by atoms with E-state index < -0.39 is 0 Å². The summed E-state index contributed by atoms with van der Waals surface area (Å²) in [6.45, 7) is 10.0. The lowest BCUT2D eigenvalue weighted by Crippen LogP contribution is -2.49. The van der Waals surface area contributed by atoms with Crippen molar-refractivity contribution in [1.82, 2.24) is 15.2 Å². The standard InChI is InChI=1S/C20H32N4O2S/c1-4-16(3)14-19(25)24-11-9-23(10-12-24)18-7-6-17(15-22-18)20(26)21-8-13-27-5-2/h6-7,15-16H,4-5,8-14H2,1-3H3,(H,21,26). The maximum atomic E-state index is 12.3. The lowest BCUT2D eigenvalue weighted by molar-refractivity contribution is -0.132. The first-order valence-electron chi connectivity index (χ1n) is 9.89. The van der Waals surface area contributed by atoms with E-state index >= 15 is 0 Å². The van der Waals surface area contributed by atoms with Crippen LogP contribution in [0.25, 0.3) is 0 Å². The van der Waals surface area contributed by atoms with Crippen LogP contribution in [0.4, 0.5) is 5.82 Å². The normalized spacial score (nSPS) is 15.5. The van der Waals surface area contributed by atoms with Crippen LogP contribution in [0.3, 0.4) is 0 Å². The Kier molecular flexibility index (Phi) is 8.91. The number of carbonyl (C=O) groups excluding carboxylic acids is 2. The van der Waals surface area contributed by atoms with E-state index in [4.69, 9.17) is 0 Å². The average molecular weight is 393 g/mol. The molecule has 1 unspecified atom stereocenters. The van der Waals surface area contributed by atoms with Gasteiger partial charge in [0.25, 0.3) is 5.91 Å². The number of anilines is 1. The minimum absolute atomic E-state index is 0.0776. The van der Waals surface area contributed by atoms with Gasteiger partial charge in [-0.15, -0.1) is 0 Å². The molecule has 1 aliphatic heterocycles. The van der Waals surface area contributed by atoms with Gasteiger partial charge in [0.15, 0.2) is 0 Å². The highest BCUT2D eigenvalue weighted by Crippen LogP contribution is 2.16. The molecule has 2 heterocycles. The van der Waals surface area contributed by atoms with Gasteiger partial charge in [-0.3, -0.25) is 9.59 Å². The molecule has 0 aromatic carbocycles. The molecule has 1 atom stereocenters. The van der Waals surface area contributed by atoms with E-state index in [0.717, 1.165) is 49.9 Å². The van der Waals surface area contributed by atoms with Crippen molar-refractivity contribution in [3.63, 3.8) is 0 Å². The van der Waals surface area contributed by atoms with Crippen LogP contribution in [0.15, 0.2) is 18.3 Å². The predicted molar refractivity (Wildman–Crippen MR) is 112 cm³/mol. The van der Waals surface area contributed by atoms with Crippen molar-refractivity contribution in [2.75, 3.05) is 49.1 Å². The van der Waals surface area contributed by atoms with E-state index in [0.29, 0.717) is 24.4 Å². The third kappa shape index (κ3) is 6.72. The highest BCUT2D eigenvalue weighted by atomic mass is 32.2. The SMILES string of the molecule is CCSCCNC(=O)c1ccc(N2CCN(C(=O)CC(C)CC)CC2)nc1. The average Bonchev–Trinajstić information content (AvgIpc) is 2.71. The Balaban J connectivity index is 1.81. The molecule has 2 amide bonds. The first kappa shape index (κ1) is 21.5. The van der Waals surface area contributed by atoms with Gasteiger partial charge in [-0.1, -0.05) is 27.2 Å². The maximum absolute atomic E-state index is 12.3. The van der Waals surface area contributed by atoms with Crippen molar-refractivity contribution in [2.24, 2.45) is 5.92 Å². The lowest BCUT2D eigenvalue weighted by atomic mass is 10.0. The van der Waals surface area contributed by atoms with Gasteiger partial charge in [0.1, 0.15) is 5.82 Å². The zero-order chi connectivity index (χ0) is 19.6. The van der Waals surface area contributed by atoms with Crippen molar-refractivity contribution < 1.29 is 9.59 Å². The molecular weight excluding hydrogens is 360 g/mol. The number of pyridine rings is 1. The molecule has 7 heteroatoms. The summed E-state index contributed by atoms with van der Waals surface area (Å²) in [6.07, 6.45) is 3.31. The van der Waals surface area contributed by atoms with E-state index in [1.54, 1.807) is 6.20 Å². The second-order valence-corrected chi connectivity index (χ2v) is 8.34. The summed E-state index contributed by atoms with van der Waals surface area (Å²) in [5, 5.41) is 2.91. The highest BCUT2D eigenvalue weighted by molar-refractivity contribution is 7.99. The fourth-order valence-corrected chi connectivity index (χ4v) is 3.48. The van der Waals surface area contributed by atoms with Gasteiger partial charge in [0, 0.05) is 51.1 Å². The molecule has 2 rings (SSSR count). The summed E-state index contributed by atoms with van der Waals surface area (Å²) in [5.41, 5.74) is 0.586. The molecule has 1 saturated heterocycles. The Bertz CT molecular complexity index is 601. The number of hydrogen-bond acceptors (Lipinski definition) is 5. The third-order valence-electron chi connectivity index (χ3n) is 4.92. The summed E-state index contributed by atoms with van der Waals surface area (Å²) in [4.78, 5) is 33.0. The van der Waals surface area contributed by atoms with Gasteiger partial charge in [0.2, 0.25) is 5.91 Å². The molecule has 0 radical (unpaired) electrons. The minimum Gasteiger partial charge on any atom is -0.353 e. The van der Waals surface area contributed by atoms with Gasteiger partial charge in [-0.25, -0.2) is 4.98 Å². The van der Waals surface area contributed by atoms with Crippen LogP contribution in [-0.4, -0.2) is 65.9 Å². The monoisotopic (exact) mass is 392 g/mol. The number of thioether (sulfide) groups is 1. The summed E-state index contributed by atoms with van der Waals surface area (Å²) in [5.74, 6) is 3.46. The summed E-state index contributed by atoms with van der Waals surface area (Å²) in [6, 6.07) is 3.72. The molecular formula is C20H32N4O2S. The summed E-state index contributed by atoms with van der Waals surface area (Å²) in [7, 11) is 0. The van der Waals surface area contributed by atoms with Gasteiger partial charge < -0.3 is 15.1 Å². The zero-order valence-electron chi connectivity index (χ0n) is 16.7. The van der Waals surface area contributed by atoms with Crippen LogP contribution >= 0.6 is 11.8 Å². The largest absolute Gasteiger partial charge is 0.353 e. The van der Waals surface area contributed by atoms with Crippen molar-refractivity contribution in [2.45, 2.75) is 33.6 Å². The number of nitrogens with one attached hydrogen (secondary N) is 1. The smallest absolute Gasteiger partial charge is 0.252 e. The molecule has 150 valence electrons. The van der Waals surface area contributed by atoms with E-state index in [-0.39, 0.29) is 11.8 Å².